The van der Waals surface area contributed by atoms with Crippen LogP contribution < -0.4 is 48.3 Å². The molecule has 0 radical (unpaired) electrons. The number of benzene rings is 3. The molecule has 0 aromatic heterocycles. The van der Waals surface area contributed by atoms with Crippen LogP contribution in [0.2, 0.25) is 0 Å². The lowest BCUT2D eigenvalue weighted by molar-refractivity contribution is -0.143. The summed E-state index contributed by atoms with van der Waals surface area (Å²) >= 11 is 3.04. The van der Waals surface area contributed by atoms with Gasteiger partial charge in [0.2, 0.25) is 29.5 Å². The molecule has 3 aliphatic heterocycles. The highest BCUT2D eigenvalue weighted by Gasteiger charge is 2.53. The van der Waals surface area contributed by atoms with E-state index in [1.807, 2.05) is 0 Å². The van der Waals surface area contributed by atoms with E-state index in [4.69, 9.17) is 5.73 Å². The van der Waals surface area contributed by atoms with Crippen molar-refractivity contribution < 1.29 is 63.6 Å². The second-order valence-corrected chi connectivity index (χ2v) is 24.5. The number of hydrogen-bond acceptors (Lipinski definition) is 16. The van der Waals surface area contributed by atoms with E-state index in [-0.39, 0.29) is 11.1 Å². The molecule has 0 spiro atoms. The van der Waals surface area contributed by atoms with Crippen LogP contribution in [0.1, 0.15) is 76.4 Å². The fraction of sp³-hybridized carbons (Fsp3) is 0.438. The zero-order valence-corrected chi connectivity index (χ0v) is 42.8. The third-order valence-corrected chi connectivity index (χ3v) is 17.1. The number of carboxylic acids is 4. The van der Waals surface area contributed by atoms with Gasteiger partial charge in [-0.25, -0.2) is 4.79 Å². The maximum absolute atomic E-state index is 15.0. The molecule has 3 aromatic rings. The quantitative estimate of drug-likeness (QED) is 0.0738. The summed E-state index contributed by atoms with van der Waals surface area (Å²) in [7, 11) is 0. The monoisotopic (exact) mass is 1070 g/mol. The Kier molecular flexibility index (Phi) is 17.6. The lowest BCUT2D eigenvalue weighted by Crippen LogP contribution is -2.61. The van der Waals surface area contributed by atoms with E-state index in [9.17, 15) is 63.6 Å². The van der Waals surface area contributed by atoms with Crippen molar-refractivity contribution in [1.82, 2.24) is 42.5 Å². The van der Waals surface area contributed by atoms with E-state index >= 15 is 0 Å². The predicted molar refractivity (Wildman–Crippen MR) is 272 cm³/mol. The van der Waals surface area contributed by atoms with E-state index in [1.54, 1.807) is 108 Å². The molecule has 392 valence electrons. The Bertz CT molecular complexity index is 2580. The van der Waals surface area contributed by atoms with E-state index in [0.717, 1.165) is 35.3 Å². The highest BCUT2D eigenvalue weighted by Crippen LogP contribution is 2.42. The molecule has 3 aliphatic rings. The minimum Gasteiger partial charge on any atom is -0.480 e. The van der Waals surface area contributed by atoms with Crippen LogP contribution in [-0.2, 0) is 43.2 Å². The lowest BCUT2D eigenvalue weighted by atomic mass is 10.0. The number of rotatable bonds is 20. The Morgan fingerprint density at radius 1 is 0.438 bits per heavy atom. The van der Waals surface area contributed by atoms with Gasteiger partial charge in [-0.3, -0.25) is 54.3 Å². The van der Waals surface area contributed by atoms with E-state index in [2.05, 4.69) is 42.5 Å². The summed E-state index contributed by atoms with van der Waals surface area (Å²) in [5, 5.41) is 58.7. The number of nitrogens with two attached hydrogens (primary N) is 1. The second kappa shape index (κ2) is 22.9. The standard InChI is InChI=1S/C48H59N9O13S3/c1-46(2)31(43(65)66)55-39(71-46)28(52-34(58)25(49)22-16-10-7-11-17-22)37(61)50-26(23-18-12-8-13-19-23)35(59)53-29(40-56-32(44(67)68)47(3,4)72-40)38(62)51-27(24-20-14-9-15-21-24)36(60)54-30(42(63)64)41-57-33(45(69)70)48(5,6)73-41/h7-21,25-33,39-41,55-57H,49H2,1-6H3,(H,50,61)(H,51,62)(H,52,58)(H,53,59)(H,54,60)(H,63,64)(H,65,66)(H,67,68)(H,69,70)/t25-,26-,27-,28?,29?,30?,31+,32+,33+,39?,40?,41?/m1/s1. The highest BCUT2D eigenvalue weighted by atomic mass is 32.2. The van der Waals surface area contributed by atoms with E-state index in [0.29, 0.717) is 5.56 Å². The number of hydrogen-bond donors (Lipinski definition) is 13. The molecule has 0 bridgehead atoms. The van der Waals surface area contributed by atoms with Gasteiger partial charge in [-0.1, -0.05) is 91.0 Å². The minimum absolute atomic E-state index is 0.162. The largest absolute Gasteiger partial charge is 0.480 e. The van der Waals surface area contributed by atoms with Crippen molar-refractivity contribution in [1.29, 1.82) is 0 Å². The summed E-state index contributed by atoms with van der Waals surface area (Å²) in [4.78, 5) is 123. The Hall–Kier alpha value is -6.22. The van der Waals surface area contributed by atoms with Crippen LogP contribution in [0.4, 0.5) is 0 Å². The Balaban J connectivity index is 1.34. The Morgan fingerprint density at radius 3 is 1.03 bits per heavy atom. The molecule has 25 heteroatoms. The molecule has 0 aliphatic carbocycles. The summed E-state index contributed by atoms with van der Waals surface area (Å²) in [5.41, 5.74) is 7.09. The summed E-state index contributed by atoms with van der Waals surface area (Å²) < 4.78 is -3.12. The van der Waals surface area contributed by atoms with Gasteiger partial charge in [0.05, 0.1) is 16.1 Å². The van der Waals surface area contributed by atoms with Crippen molar-refractivity contribution in [2.24, 2.45) is 5.73 Å². The SMILES string of the molecule is CC1(C)SC(C(NC(=O)[C@H](NC(=O)C(NC(=O)[C@H](NC(=O)C(NC(=O)[C@H](N)c2ccccc2)C2N[C@@H](C(=O)O)C(C)(C)S2)c2ccccc2)C2N[C@@H](C(=O)O)C(C)(C)S2)c2ccccc2)C(=O)O)N[C@H]1C(=O)O. The topological polar surface area (TPSA) is 357 Å². The Labute approximate surface area is 432 Å². The second-order valence-electron chi connectivity index (χ2n) is 19.1. The van der Waals surface area contributed by atoms with Crippen LogP contribution in [0, 0.1) is 0 Å². The number of nitrogens with one attached hydrogen (secondary N) is 8. The molecule has 14 N–H and O–H groups in total. The number of carbonyl (C=O) groups excluding carboxylic acids is 5. The third kappa shape index (κ3) is 13.1. The molecule has 3 fully saturated rings. The molecule has 3 heterocycles. The molecule has 3 aromatic carbocycles. The number of thioether (sulfide) groups is 3. The third-order valence-electron chi connectivity index (χ3n) is 12.5. The van der Waals surface area contributed by atoms with Crippen LogP contribution in [0.15, 0.2) is 91.0 Å². The van der Waals surface area contributed by atoms with Gasteiger partial charge in [0.15, 0.2) is 6.04 Å². The van der Waals surface area contributed by atoms with Gasteiger partial charge >= 0.3 is 23.9 Å². The number of aliphatic carboxylic acids is 4. The summed E-state index contributed by atoms with van der Waals surface area (Å²) in [6, 6.07) is 10.5. The number of amides is 5. The van der Waals surface area contributed by atoms with E-state index in [1.165, 1.54) is 24.3 Å². The zero-order valence-electron chi connectivity index (χ0n) is 40.4. The summed E-state index contributed by atoms with van der Waals surface area (Å²) in [6.07, 6.45) is 0. The molecule has 3 saturated heterocycles. The fourth-order valence-electron chi connectivity index (χ4n) is 8.69. The first kappa shape index (κ1) is 56.1. The first-order valence-corrected chi connectivity index (χ1v) is 25.5. The average molecular weight is 1070 g/mol. The molecule has 73 heavy (non-hydrogen) atoms. The summed E-state index contributed by atoms with van der Waals surface area (Å²) in [6.45, 7) is 9.71. The normalized spacial score (nSPS) is 25.0. The molecule has 5 amide bonds. The van der Waals surface area contributed by atoms with Gasteiger partial charge in [-0.15, -0.1) is 35.3 Å². The van der Waals surface area contributed by atoms with E-state index < -0.39 is 138 Å². The van der Waals surface area contributed by atoms with Gasteiger partial charge in [-0.2, -0.15) is 0 Å². The molecular formula is C48H59N9O13S3. The van der Waals surface area contributed by atoms with Crippen LogP contribution in [0.5, 0.6) is 0 Å². The maximum atomic E-state index is 15.0. The van der Waals surface area contributed by atoms with Gasteiger partial charge in [0.25, 0.3) is 0 Å². The van der Waals surface area contributed by atoms with Crippen molar-refractivity contribution in [2.75, 3.05) is 0 Å². The maximum Gasteiger partial charge on any atom is 0.328 e. The first-order chi connectivity index (χ1) is 34.2. The van der Waals surface area contributed by atoms with Crippen molar-refractivity contribution in [2.45, 2.75) is 126 Å². The molecule has 6 rings (SSSR count). The highest BCUT2D eigenvalue weighted by molar-refractivity contribution is 8.02. The van der Waals surface area contributed by atoms with Crippen LogP contribution in [0.3, 0.4) is 0 Å². The zero-order chi connectivity index (χ0) is 53.7. The van der Waals surface area contributed by atoms with Crippen LogP contribution in [-0.4, -0.2) is 140 Å². The molecular weight excluding hydrogens is 1010 g/mol. The number of carbonyl (C=O) groups is 9. The van der Waals surface area contributed by atoms with Crippen LogP contribution >= 0.6 is 35.3 Å². The fourth-order valence-corrected chi connectivity index (χ4v) is 13.2. The van der Waals surface area contributed by atoms with Crippen molar-refractivity contribution in [3.63, 3.8) is 0 Å². The lowest BCUT2D eigenvalue weighted by Gasteiger charge is -2.31. The Morgan fingerprint density at radius 2 is 0.726 bits per heavy atom. The van der Waals surface area contributed by atoms with Crippen molar-refractivity contribution in [3.8, 4) is 0 Å². The number of carboxylic acid groups (broad SMARTS) is 4. The smallest absolute Gasteiger partial charge is 0.328 e. The minimum atomic E-state index is -1.74. The van der Waals surface area contributed by atoms with Gasteiger partial charge < -0.3 is 52.7 Å². The molecule has 12 atom stereocenters. The van der Waals surface area contributed by atoms with Gasteiger partial charge in [-0.05, 0) is 58.2 Å². The van der Waals surface area contributed by atoms with Crippen LogP contribution in [0.25, 0.3) is 0 Å². The summed E-state index contributed by atoms with van der Waals surface area (Å²) in [5.74, 6) is -10.1. The first-order valence-electron chi connectivity index (χ1n) is 22.9. The average Bonchev–Trinajstić information content (AvgIpc) is 3.97. The van der Waals surface area contributed by atoms with Gasteiger partial charge in [0, 0.05) is 14.2 Å². The molecule has 0 saturated carbocycles. The molecule has 22 nitrogen and oxygen atoms in total. The van der Waals surface area contributed by atoms with Crippen molar-refractivity contribution >= 4 is 88.7 Å². The van der Waals surface area contributed by atoms with Crippen molar-refractivity contribution in [3.05, 3.63) is 108 Å². The molecule has 6 unspecified atom stereocenters. The van der Waals surface area contributed by atoms with Gasteiger partial charge in [0.1, 0.15) is 48.3 Å². The predicted octanol–water partition coefficient (Wildman–Crippen LogP) is 0.623.